The number of fused-ring (bicyclic) bond motifs is 2. The topological polar surface area (TPSA) is 75.6 Å². The molecule has 164 valence electrons. The molecule has 0 fully saturated rings. The molecule has 5 rings (SSSR count). The predicted octanol–water partition coefficient (Wildman–Crippen LogP) is 6.18. The number of methoxy groups -OCH3 is 1. The Kier molecular flexibility index (Phi) is 5.15. The Labute approximate surface area is 191 Å². The maximum absolute atomic E-state index is 13.2. The van der Waals surface area contributed by atoms with Gasteiger partial charge in [0.15, 0.2) is 0 Å². The fourth-order valence-corrected chi connectivity index (χ4v) is 5.13. The normalized spacial score (nSPS) is 11.5. The van der Waals surface area contributed by atoms with Gasteiger partial charge in [-0.25, -0.2) is 8.42 Å². The second-order valence-corrected chi connectivity index (χ2v) is 9.39. The smallest absolute Gasteiger partial charge is 0.261 e. The van der Waals surface area contributed by atoms with Crippen LogP contribution in [0.5, 0.6) is 11.5 Å². The fourth-order valence-electron chi connectivity index (χ4n) is 4.06. The highest BCUT2D eigenvalue weighted by molar-refractivity contribution is 7.92. The Balaban J connectivity index is 1.69. The van der Waals surface area contributed by atoms with E-state index >= 15 is 0 Å². The van der Waals surface area contributed by atoms with Crippen molar-refractivity contribution in [3.05, 3.63) is 97.1 Å². The van der Waals surface area contributed by atoms with Crippen molar-refractivity contribution in [1.29, 1.82) is 0 Å². The molecule has 0 aliphatic carbocycles. The van der Waals surface area contributed by atoms with E-state index in [0.717, 1.165) is 27.1 Å². The molecular weight excluding hydrogens is 434 g/mol. The van der Waals surface area contributed by atoms with E-state index < -0.39 is 10.0 Å². The van der Waals surface area contributed by atoms with Gasteiger partial charge in [0.05, 0.1) is 17.7 Å². The summed E-state index contributed by atoms with van der Waals surface area (Å²) in [5.41, 5.74) is 1.81. The Morgan fingerprint density at radius 3 is 2.15 bits per heavy atom. The number of phenolic OH excluding ortho intramolecular Hbond substituents is 1. The molecule has 33 heavy (non-hydrogen) atoms. The standard InChI is InChI=1S/C27H21NO4S/c1-32-21-11-13-22(14-12-21)33(30,31)28-25-17-20(16-19-7-3-4-8-23(19)25)27-24-9-5-2-6-18(24)10-15-26(27)29/h2-17,28-29H,1H3. The van der Waals surface area contributed by atoms with Gasteiger partial charge in [-0.2, -0.15) is 0 Å². The third-order valence-corrected chi connectivity index (χ3v) is 7.05. The van der Waals surface area contributed by atoms with Crippen molar-refractivity contribution in [2.24, 2.45) is 0 Å². The minimum absolute atomic E-state index is 0.130. The van der Waals surface area contributed by atoms with Crippen molar-refractivity contribution in [3.63, 3.8) is 0 Å². The van der Waals surface area contributed by atoms with Crippen molar-refractivity contribution in [1.82, 2.24) is 0 Å². The van der Waals surface area contributed by atoms with E-state index in [4.69, 9.17) is 4.74 Å². The van der Waals surface area contributed by atoms with Crippen LogP contribution in [0.3, 0.4) is 0 Å². The Bertz CT molecular complexity index is 1590. The molecule has 5 aromatic carbocycles. The van der Waals surface area contributed by atoms with Crippen LogP contribution >= 0.6 is 0 Å². The lowest BCUT2D eigenvalue weighted by molar-refractivity contribution is 0.414. The molecule has 6 heteroatoms. The number of sulfonamides is 1. The molecule has 0 saturated heterocycles. The van der Waals surface area contributed by atoms with Crippen molar-refractivity contribution < 1.29 is 18.3 Å². The van der Waals surface area contributed by atoms with Crippen LogP contribution in [-0.4, -0.2) is 20.6 Å². The molecule has 0 bridgehead atoms. The molecule has 0 unspecified atom stereocenters. The van der Waals surface area contributed by atoms with Gasteiger partial charge in [0, 0.05) is 10.9 Å². The van der Waals surface area contributed by atoms with Crippen LogP contribution < -0.4 is 9.46 Å². The lowest BCUT2D eigenvalue weighted by Crippen LogP contribution is -2.13. The molecule has 0 aliphatic heterocycles. The molecule has 0 amide bonds. The minimum atomic E-state index is -3.85. The first-order chi connectivity index (χ1) is 16.0. The summed E-state index contributed by atoms with van der Waals surface area (Å²) in [5.74, 6) is 0.709. The highest BCUT2D eigenvalue weighted by Crippen LogP contribution is 2.40. The van der Waals surface area contributed by atoms with Crippen LogP contribution in [0.15, 0.2) is 102 Å². The molecule has 0 spiro atoms. The molecule has 0 saturated carbocycles. The molecular formula is C27H21NO4S. The average molecular weight is 456 g/mol. The van der Waals surface area contributed by atoms with E-state index in [1.54, 1.807) is 24.3 Å². The molecule has 0 radical (unpaired) electrons. The number of aromatic hydroxyl groups is 1. The number of phenols is 1. The van der Waals surface area contributed by atoms with Gasteiger partial charge in [-0.1, -0.05) is 54.6 Å². The second-order valence-electron chi connectivity index (χ2n) is 7.71. The summed E-state index contributed by atoms with van der Waals surface area (Å²) in [7, 11) is -2.32. The first-order valence-electron chi connectivity index (χ1n) is 10.4. The first kappa shape index (κ1) is 20.8. The summed E-state index contributed by atoms with van der Waals surface area (Å²) < 4.78 is 34.2. The summed E-state index contributed by atoms with van der Waals surface area (Å²) in [5, 5.41) is 14.2. The number of rotatable bonds is 5. The summed E-state index contributed by atoms with van der Waals surface area (Å²) in [6.45, 7) is 0. The van der Waals surface area contributed by atoms with E-state index in [0.29, 0.717) is 17.0 Å². The summed E-state index contributed by atoms with van der Waals surface area (Å²) >= 11 is 0. The van der Waals surface area contributed by atoms with E-state index in [1.807, 2.05) is 60.7 Å². The van der Waals surface area contributed by atoms with Crippen LogP contribution in [0, 0.1) is 0 Å². The van der Waals surface area contributed by atoms with Crippen LogP contribution in [0.25, 0.3) is 32.7 Å². The highest BCUT2D eigenvalue weighted by atomic mass is 32.2. The Morgan fingerprint density at radius 2 is 1.42 bits per heavy atom. The van der Waals surface area contributed by atoms with Crippen molar-refractivity contribution in [2.75, 3.05) is 11.8 Å². The molecule has 2 N–H and O–H groups in total. The molecule has 5 nitrogen and oxygen atoms in total. The zero-order chi connectivity index (χ0) is 23.0. The monoisotopic (exact) mass is 455 g/mol. The van der Waals surface area contributed by atoms with E-state index in [1.165, 1.54) is 19.2 Å². The number of nitrogens with one attached hydrogen (secondary N) is 1. The van der Waals surface area contributed by atoms with Crippen LogP contribution in [0.1, 0.15) is 0 Å². The third-order valence-electron chi connectivity index (χ3n) is 5.67. The summed E-state index contributed by atoms with van der Waals surface area (Å²) in [6.07, 6.45) is 0. The number of anilines is 1. The Hall–Kier alpha value is -4.03. The maximum atomic E-state index is 13.2. The van der Waals surface area contributed by atoms with Gasteiger partial charge in [0.2, 0.25) is 0 Å². The van der Waals surface area contributed by atoms with Gasteiger partial charge in [0.1, 0.15) is 11.5 Å². The van der Waals surface area contributed by atoms with Crippen molar-refractivity contribution >= 4 is 37.3 Å². The minimum Gasteiger partial charge on any atom is -0.507 e. The van der Waals surface area contributed by atoms with Crippen LogP contribution in [-0.2, 0) is 10.0 Å². The fraction of sp³-hybridized carbons (Fsp3) is 0.0370. The highest BCUT2D eigenvalue weighted by Gasteiger charge is 2.18. The lowest BCUT2D eigenvalue weighted by atomic mass is 9.94. The predicted molar refractivity (Wildman–Crippen MR) is 132 cm³/mol. The van der Waals surface area contributed by atoms with E-state index in [9.17, 15) is 13.5 Å². The number of ether oxygens (including phenoxy) is 1. The summed E-state index contributed by atoms with van der Waals surface area (Å²) in [4.78, 5) is 0.130. The maximum Gasteiger partial charge on any atom is 0.261 e. The summed E-state index contributed by atoms with van der Waals surface area (Å²) in [6, 6.07) is 28.8. The molecule has 0 aromatic heterocycles. The SMILES string of the molecule is COc1ccc(S(=O)(=O)Nc2cc(-c3c(O)ccc4ccccc34)cc3ccccc23)cc1. The van der Waals surface area contributed by atoms with Gasteiger partial charge < -0.3 is 9.84 Å². The second kappa shape index (κ2) is 8.15. The molecule has 0 heterocycles. The zero-order valence-corrected chi connectivity index (χ0v) is 18.6. The van der Waals surface area contributed by atoms with Gasteiger partial charge >= 0.3 is 0 Å². The first-order valence-corrected chi connectivity index (χ1v) is 11.9. The van der Waals surface area contributed by atoms with E-state index in [2.05, 4.69) is 4.72 Å². The lowest BCUT2D eigenvalue weighted by Gasteiger charge is -2.15. The largest absolute Gasteiger partial charge is 0.507 e. The van der Waals surface area contributed by atoms with Gasteiger partial charge in [0.25, 0.3) is 10.0 Å². The van der Waals surface area contributed by atoms with Crippen LogP contribution in [0.4, 0.5) is 5.69 Å². The van der Waals surface area contributed by atoms with Crippen LogP contribution in [0.2, 0.25) is 0 Å². The van der Waals surface area contributed by atoms with Gasteiger partial charge in [-0.3, -0.25) is 4.72 Å². The number of hydrogen-bond donors (Lipinski definition) is 2. The van der Waals surface area contributed by atoms with E-state index in [-0.39, 0.29) is 10.6 Å². The zero-order valence-electron chi connectivity index (χ0n) is 17.8. The van der Waals surface area contributed by atoms with Crippen molar-refractivity contribution in [2.45, 2.75) is 4.90 Å². The quantitative estimate of drug-likeness (QED) is 0.332. The average Bonchev–Trinajstić information content (AvgIpc) is 2.83. The van der Waals surface area contributed by atoms with Crippen molar-refractivity contribution in [3.8, 4) is 22.6 Å². The number of benzene rings is 5. The molecule has 5 aromatic rings. The molecule has 0 atom stereocenters. The number of hydrogen-bond acceptors (Lipinski definition) is 4. The Morgan fingerprint density at radius 1 is 0.758 bits per heavy atom. The van der Waals surface area contributed by atoms with Gasteiger partial charge in [-0.05, 0) is 64.2 Å². The third kappa shape index (κ3) is 3.85. The molecule has 0 aliphatic rings. The van der Waals surface area contributed by atoms with Gasteiger partial charge in [-0.15, -0.1) is 0 Å².